The van der Waals surface area contributed by atoms with Crippen LogP contribution in [-0.4, -0.2) is 11.2 Å². The lowest BCUT2D eigenvalue weighted by Gasteiger charge is -2.17. The maximum Gasteiger partial charge on any atom is 0.416 e. The van der Waals surface area contributed by atoms with E-state index in [2.05, 4.69) is 0 Å². The molecule has 0 aliphatic heterocycles. The zero-order chi connectivity index (χ0) is 12.5. The first-order chi connectivity index (χ1) is 7.23. The number of aliphatic hydroxyl groups is 1. The fourth-order valence-corrected chi connectivity index (χ4v) is 1.24. The zero-order valence-corrected chi connectivity index (χ0v) is 8.42. The Morgan fingerprint density at radius 2 is 1.88 bits per heavy atom. The highest BCUT2D eigenvalue weighted by Gasteiger charge is 2.32. The van der Waals surface area contributed by atoms with E-state index in [1.165, 1.54) is 6.92 Å². The van der Waals surface area contributed by atoms with Gasteiger partial charge in [-0.25, -0.2) is 4.39 Å². The summed E-state index contributed by atoms with van der Waals surface area (Å²) in [5, 5.41) is 9.12. The molecule has 1 rings (SSSR count). The van der Waals surface area contributed by atoms with Crippen molar-refractivity contribution in [2.45, 2.75) is 25.2 Å². The molecule has 2 nitrogen and oxygen atoms in total. The topological polar surface area (TPSA) is 46.2 Å². The largest absolute Gasteiger partial charge is 0.416 e. The van der Waals surface area contributed by atoms with Gasteiger partial charge >= 0.3 is 6.18 Å². The van der Waals surface area contributed by atoms with Gasteiger partial charge in [0, 0.05) is 5.56 Å². The molecule has 2 unspecified atom stereocenters. The van der Waals surface area contributed by atoms with Crippen LogP contribution in [0.15, 0.2) is 18.2 Å². The third-order valence-electron chi connectivity index (χ3n) is 2.20. The highest BCUT2D eigenvalue weighted by molar-refractivity contribution is 5.29. The van der Waals surface area contributed by atoms with Crippen molar-refractivity contribution in [3.63, 3.8) is 0 Å². The molecule has 0 saturated carbocycles. The van der Waals surface area contributed by atoms with Crippen molar-refractivity contribution in [3.8, 4) is 0 Å². The van der Waals surface area contributed by atoms with Crippen molar-refractivity contribution in [1.29, 1.82) is 0 Å². The van der Waals surface area contributed by atoms with Crippen molar-refractivity contribution in [2.24, 2.45) is 5.73 Å². The third kappa shape index (κ3) is 2.70. The molecule has 0 saturated heterocycles. The van der Waals surface area contributed by atoms with E-state index < -0.39 is 29.7 Å². The van der Waals surface area contributed by atoms with Gasteiger partial charge in [-0.2, -0.15) is 13.2 Å². The van der Waals surface area contributed by atoms with Gasteiger partial charge in [0.1, 0.15) is 5.82 Å². The first-order valence-electron chi connectivity index (χ1n) is 4.53. The van der Waals surface area contributed by atoms with Crippen molar-refractivity contribution < 1.29 is 22.7 Å². The van der Waals surface area contributed by atoms with E-state index in [0.29, 0.717) is 18.2 Å². The van der Waals surface area contributed by atoms with Gasteiger partial charge in [0.25, 0.3) is 0 Å². The molecule has 3 N–H and O–H groups in total. The fourth-order valence-electron chi connectivity index (χ4n) is 1.24. The Balaban J connectivity index is 3.19. The van der Waals surface area contributed by atoms with Crippen LogP contribution in [-0.2, 0) is 6.18 Å². The lowest BCUT2D eigenvalue weighted by atomic mass is 10.00. The van der Waals surface area contributed by atoms with Crippen LogP contribution in [0.2, 0.25) is 0 Å². The maximum atomic E-state index is 13.2. The van der Waals surface area contributed by atoms with Gasteiger partial charge in [-0.05, 0) is 25.1 Å². The summed E-state index contributed by atoms with van der Waals surface area (Å²) in [6.45, 7) is 1.28. The van der Waals surface area contributed by atoms with Crippen LogP contribution in [0.5, 0.6) is 0 Å². The minimum absolute atomic E-state index is 0.343. The summed E-state index contributed by atoms with van der Waals surface area (Å²) in [4.78, 5) is 0. The Morgan fingerprint density at radius 3 is 2.31 bits per heavy atom. The quantitative estimate of drug-likeness (QED) is 0.775. The Kier molecular flexibility index (Phi) is 3.54. The van der Waals surface area contributed by atoms with Gasteiger partial charge in [-0.3, -0.25) is 0 Å². The number of hydrogen-bond acceptors (Lipinski definition) is 2. The second kappa shape index (κ2) is 4.39. The summed E-state index contributed by atoms with van der Waals surface area (Å²) in [5.41, 5.74) is 4.06. The van der Waals surface area contributed by atoms with Crippen molar-refractivity contribution in [3.05, 3.63) is 35.1 Å². The minimum Gasteiger partial charge on any atom is -0.391 e. The number of hydrogen-bond donors (Lipinski definition) is 2. The van der Waals surface area contributed by atoms with Crippen molar-refractivity contribution in [1.82, 2.24) is 0 Å². The summed E-state index contributed by atoms with van der Waals surface area (Å²) < 4.78 is 50.2. The summed E-state index contributed by atoms with van der Waals surface area (Å²) in [5.74, 6) is -0.860. The zero-order valence-electron chi connectivity index (χ0n) is 8.42. The van der Waals surface area contributed by atoms with Gasteiger partial charge in [0.05, 0.1) is 17.7 Å². The second-order valence-corrected chi connectivity index (χ2v) is 3.50. The molecule has 0 aromatic heterocycles. The van der Waals surface area contributed by atoms with Crippen LogP contribution in [0.1, 0.15) is 24.1 Å². The Labute approximate surface area is 89.7 Å². The molecule has 1 aromatic carbocycles. The average molecular weight is 237 g/mol. The van der Waals surface area contributed by atoms with Gasteiger partial charge in [-0.1, -0.05) is 0 Å². The molecule has 0 radical (unpaired) electrons. The number of halogens is 4. The molecule has 90 valence electrons. The average Bonchev–Trinajstić information content (AvgIpc) is 2.15. The molecule has 0 bridgehead atoms. The lowest BCUT2D eigenvalue weighted by molar-refractivity contribution is -0.137. The molecular weight excluding hydrogens is 226 g/mol. The van der Waals surface area contributed by atoms with Crippen LogP contribution in [0.4, 0.5) is 17.6 Å². The SMILES string of the molecule is CC(O)C(N)c1cc(C(F)(F)F)ccc1F. The highest BCUT2D eigenvalue weighted by Crippen LogP contribution is 2.31. The van der Waals surface area contributed by atoms with Crippen LogP contribution in [0.25, 0.3) is 0 Å². The lowest BCUT2D eigenvalue weighted by Crippen LogP contribution is -2.24. The van der Waals surface area contributed by atoms with E-state index in [1.807, 2.05) is 0 Å². The normalized spacial score (nSPS) is 15.9. The molecule has 0 spiro atoms. The Bertz CT molecular complexity index is 376. The summed E-state index contributed by atoms with van der Waals surface area (Å²) in [6.07, 6.45) is -5.68. The number of nitrogens with two attached hydrogens (primary N) is 1. The standard InChI is InChI=1S/C10H11F4NO/c1-5(16)9(15)7-4-6(10(12,13)14)2-3-8(7)11/h2-5,9,16H,15H2,1H3. The van der Waals surface area contributed by atoms with E-state index in [-0.39, 0.29) is 5.56 Å². The molecule has 16 heavy (non-hydrogen) atoms. The molecule has 2 atom stereocenters. The van der Waals surface area contributed by atoms with Gasteiger partial charge in [0.2, 0.25) is 0 Å². The predicted octanol–water partition coefficient (Wildman–Crippen LogP) is 2.23. The van der Waals surface area contributed by atoms with Crippen molar-refractivity contribution >= 4 is 0 Å². The molecule has 6 heteroatoms. The summed E-state index contributed by atoms with van der Waals surface area (Å²) in [7, 11) is 0. The minimum atomic E-state index is -4.55. The number of benzene rings is 1. The second-order valence-electron chi connectivity index (χ2n) is 3.50. The molecular formula is C10H11F4NO. The predicted molar refractivity (Wildman–Crippen MR) is 50.0 cm³/mol. The number of aliphatic hydroxyl groups excluding tert-OH is 1. The molecule has 0 amide bonds. The fraction of sp³-hybridized carbons (Fsp3) is 0.400. The van der Waals surface area contributed by atoms with E-state index in [0.717, 1.165) is 0 Å². The van der Waals surface area contributed by atoms with Gasteiger partial charge < -0.3 is 10.8 Å². The van der Waals surface area contributed by atoms with Gasteiger partial charge in [-0.15, -0.1) is 0 Å². The van der Waals surface area contributed by atoms with Crippen LogP contribution in [0.3, 0.4) is 0 Å². The maximum absolute atomic E-state index is 13.2. The number of rotatable bonds is 2. The van der Waals surface area contributed by atoms with E-state index in [1.54, 1.807) is 0 Å². The molecule has 0 aliphatic carbocycles. The molecule has 0 fully saturated rings. The Morgan fingerprint density at radius 1 is 1.31 bits per heavy atom. The summed E-state index contributed by atoms with van der Waals surface area (Å²) in [6, 6.07) is 0.767. The number of alkyl halides is 3. The van der Waals surface area contributed by atoms with Crippen LogP contribution >= 0.6 is 0 Å². The molecule has 1 aromatic rings. The van der Waals surface area contributed by atoms with E-state index in [9.17, 15) is 17.6 Å². The van der Waals surface area contributed by atoms with Gasteiger partial charge in [0.15, 0.2) is 0 Å². The van der Waals surface area contributed by atoms with E-state index in [4.69, 9.17) is 10.8 Å². The van der Waals surface area contributed by atoms with Crippen LogP contribution < -0.4 is 5.73 Å². The highest BCUT2D eigenvalue weighted by atomic mass is 19.4. The first-order valence-corrected chi connectivity index (χ1v) is 4.53. The monoisotopic (exact) mass is 237 g/mol. The summed E-state index contributed by atoms with van der Waals surface area (Å²) >= 11 is 0. The van der Waals surface area contributed by atoms with Crippen LogP contribution in [0, 0.1) is 5.82 Å². The molecule has 0 aliphatic rings. The Hall–Kier alpha value is -1.14. The first kappa shape index (κ1) is 12.9. The third-order valence-corrected chi connectivity index (χ3v) is 2.20. The smallest absolute Gasteiger partial charge is 0.391 e. The molecule has 0 heterocycles. The van der Waals surface area contributed by atoms with Crippen molar-refractivity contribution in [2.75, 3.05) is 0 Å². The van der Waals surface area contributed by atoms with E-state index >= 15 is 0 Å².